The van der Waals surface area contributed by atoms with Crippen molar-refractivity contribution >= 4 is 28.4 Å². The van der Waals surface area contributed by atoms with Crippen LogP contribution >= 0.6 is 0 Å². The average molecular weight is 493 g/mol. The van der Waals surface area contributed by atoms with Gasteiger partial charge in [0.05, 0.1) is 22.7 Å². The molecule has 0 spiro atoms. The maximum atomic E-state index is 12.2. The number of nitrogen functional groups attached to an aromatic ring is 1. The molecule has 0 amide bonds. The zero-order chi connectivity index (χ0) is 23.8. The van der Waals surface area contributed by atoms with E-state index in [1.165, 1.54) is 6.20 Å². The Morgan fingerprint density at radius 3 is 2.44 bits per heavy atom. The zero-order valence-corrected chi connectivity index (χ0v) is 19.5. The number of nitrogens with two attached hydrogens (primary N) is 1. The summed E-state index contributed by atoms with van der Waals surface area (Å²) in [7, 11) is 0.667. The summed E-state index contributed by atoms with van der Waals surface area (Å²) in [5.74, 6) is -0.173. The van der Waals surface area contributed by atoms with Crippen molar-refractivity contribution in [1.29, 1.82) is 10.8 Å². The molecule has 2 aromatic carbocycles. The summed E-state index contributed by atoms with van der Waals surface area (Å²) >= 11 is 0. The van der Waals surface area contributed by atoms with Gasteiger partial charge in [-0.25, -0.2) is 9.97 Å². The molecule has 1 heterocycles. The number of aromatic nitrogens is 2. The molecule has 0 aliphatic rings. The molecular weight excluding hydrogens is 456 g/mol. The molecule has 1 atom stereocenters. The summed E-state index contributed by atoms with van der Waals surface area (Å²) in [5, 5.41) is 28.4. The predicted octanol–water partition coefficient (Wildman–Crippen LogP) is 2.46. The lowest BCUT2D eigenvalue weighted by Gasteiger charge is -2.11. The predicted molar refractivity (Wildman–Crippen MR) is 141 cm³/mol. The molecular formula is C23H36N6O4S. The summed E-state index contributed by atoms with van der Waals surface area (Å²) in [6.45, 7) is 0.712. The molecule has 0 aliphatic carbocycles. The number of nitrogens with zero attached hydrogens (tertiary/aromatic N) is 2. The Kier molecular flexibility index (Phi) is 9.95. The van der Waals surface area contributed by atoms with Crippen LogP contribution in [0.5, 0.6) is 0 Å². The molecule has 0 saturated carbocycles. The first-order chi connectivity index (χ1) is 15.9. The van der Waals surface area contributed by atoms with Crippen LogP contribution in [0.25, 0.3) is 11.3 Å². The third-order valence-electron chi connectivity index (χ3n) is 4.72. The number of anilines is 1. The number of aliphatic hydroxyl groups is 1. The Balaban J connectivity index is -0.00000245. The Hall–Kier alpha value is -3.51. The van der Waals surface area contributed by atoms with E-state index in [2.05, 4.69) is 15.3 Å². The van der Waals surface area contributed by atoms with Gasteiger partial charge in [-0.1, -0.05) is 24.3 Å². The fourth-order valence-electron chi connectivity index (χ4n) is 2.98. The lowest BCUT2D eigenvalue weighted by molar-refractivity contribution is 0.296. The van der Waals surface area contributed by atoms with Gasteiger partial charge in [-0.3, -0.25) is 15.0 Å². The van der Waals surface area contributed by atoms with Crippen molar-refractivity contribution in [2.45, 2.75) is 17.9 Å². The van der Waals surface area contributed by atoms with Crippen molar-refractivity contribution in [2.75, 3.05) is 25.1 Å². The smallest absolute Gasteiger partial charge is 0.243 e. The Labute approximate surface area is 206 Å². The number of ether oxygens (including phenoxy) is 1. The SMILES string of the molecule is CNCc1ccc(C(=N)OC(=N)c2nc(-c3ccc(S(=O)CCCO)cc3)cnc2N)cc1.O.[HH].[HH].[HH].[HH]. The number of benzene rings is 2. The molecule has 0 saturated heterocycles. The minimum Gasteiger partial charge on any atom is -0.419 e. The molecule has 10 nitrogen and oxygen atoms in total. The molecule has 0 radical (unpaired) electrons. The van der Waals surface area contributed by atoms with E-state index in [0.717, 1.165) is 5.56 Å². The van der Waals surface area contributed by atoms with Crippen LogP contribution in [-0.4, -0.2) is 56.0 Å². The van der Waals surface area contributed by atoms with E-state index in [0.29, 0.717) is 40.4 Å². The fourth-order valence-corrected chi connectivity index (χ4v) is 4.05. The zero-order valence-electron chi connectivity index (χ0n) is 18.7. The quantitative estimate of drug-likeness (QED) is 0.224. The van der Waals surface area contributed by atoms with Crippen LogP contribution in [0.1, 0.15) is 28.9 Å². The van der Waals surface area contributed by atoms with Crippen LogP contribution in [0.2, 0.25) is 0 Å². The van der Waals surface area contributed by atoms with Crippen molar-refractivity contribution < 1.29 is 25.2 Å². The highest BCUT2D eigenvalue weighted by atomic mass is 32.2. The fraction of sp³-hybridized carbons (Fsp3) is 0.217. The summed E-state index contributed by atoms with van der Waals surface area (Å²) in [5.41, 5.74) is 8.69. The van der Waals surface area contributed by atoms with Gasteiger partial charge in [0.2, 0.25) is 11.8 Å². The van der Waals surface area contributed by atoms with Crippen molar-refractivity contribution in [3.8, 4) is 11.3 Å². The maximum absolute atomic E-state index is 12.2. The van der Waals surface area contributed by atoms with Gasteiger partial charge in [0.1, 0.15) is 0 Å². The molecule has 188 valence electrons. The van der Waals surface area contributed by atoms with E-state index in [1.54, 1.807) is 36.4 Å². The van der Waals surface area contributed by atoms with Gasteiger partial charge < -0.3 is 26.4 Å². The lowest BCUT2D eigenvalue weighted by atomic mass is 10.1. The highest BCUT2D eigenvalue weighted by Crippen LogP contribution is 2.21. The van der Waals surface area contributed by atoms with E-state index in [-0.39, 0.29) is 41.1 Å². The topological polar surface area (TPSA) is 190 Å². The minimum absolute atomic E-state index is 0. The van der Waals surface area contributed by atoms with Gasteiger partial charge in [-0.15, -0.1) is 0 Å². The van der Waals surface area contributed by atoms with Crippen LogP contribution in [0.15, 0.2) is 59.6 Å². The molecule has 3 rings (SSSR count). The van der Waals surface area contributed by atoms with Crippen molar-refractivity contribution in [3.05, 3.63) is 71.5 Å². The van der Waals surface area contributed by atoms with Crippen molar-refractivity contribution in [1.82, 2.24) is 15.3 Å². The lowest BCUT2D eigenvalue weighted by Crippen LogP contribution is -2.17. The average Bonchev–Trinajstić information content (AvgIpc) is 2.83. The van der Waals surface area contributed by atoms with E-state index >= 15 is 0 Å². The van der Waals surface area contributed by atoms with Gasteiger partial charge >= 0.3 is 0 Å². The van der Waals surface area contributed by atoms with Crippen molar-refractivity contribution in [3.63, 3.8) is 0 Å². The third-order valence-corrected chi connectivity index (χ3v) is 6.18. The first kappa shape index (κ1) is 26.7. The van der Waals surface area contributed by atoms with Crippen LogP contribution in [0.3, 0.4) is 0 Å². The van der Waals surface area contributed by atoms with Crippen LogP contribution in [-0.2, 0) is 22.1 Å². The number of hydrogen-bond acceptors (Lipinski definition) is 9. The second kappa shape index (κ2) is 12.7. The first-order valence-electron chi connectivity index (χ1n) is 10.2. The van der Waals surface area contributed by atoms with Crippen LogP contribution < -0.4 is 11.1 Å². The van der Waals surface area contributed by atoms with E-state index < -0.39 is 10.8 Å². The molecule has 0 fully saturated rings. The van der Waals surface area contributed by atoms with E-state index in [1.807, 2.05) is 19.2 Å². The Morgan fingerprint density at radius 2 is 1.82 bits per heavy atom. The summed E-state index contributed by atoms with van der Waals surface area (Å²) < 4.78 is 17.6. The highest BCUT2D eigenvalue weighted by molar-refractivity contribution is 7.85. The molecule has 0 bridgehead atoms. The minimum atomic E-state index is -1.19. The molecule has 0 aliphatic heterocycles. The normalized spacial score (nSPS) is 11.4. The van der Waals surface area contributed by atoms with E-state index in [4.69, 9.17) is 26.4 Å². The molecule has 34 heavy (non-hydrogen) atoms. The summed E-state index contributed by atoms with van der Waals surface area (Å²) in [6.07, 6.45) is 1.95. The molecule has 1 aromatic heterocycles. The molecule has 8 N–H and O–H groups in total. The van der Waals surface area contributed by atoms with Gasteiger partial charge in [-0.2, -0.15) is 0 Å². The summed E-state index contributed by atoms with van der Waals surface area (Å²) in [6, 6.07) is 14.2. The number of aliphatic hydroxyl groups excluding tert-OH is 1. The monoisotopic (exact) mass is 492 g/mol. The Morgan fingerprint density at radius 1 is 1.15 bits per heavy atom. The van der Waals surface area contributed by atoms with Crippen LogP contribution in [0, 0.1) is 10.8 Å². The highest BCUT2D eigenvalue weighted by Gasteiger charge is 2.16. The second-order valence-corrected chi connectivity index (χ2v) is 8.70. The van der Waals surface area contributed by atoms with Gasteiger partial charge in [0.25, 0.3) is 0 Å². The second-order valence-electron chi connectivity index (χ2n) is 7.13. The largest absolute Gasteiger partial charge is 0.419 e. The molecule has 1 unspecified atom stereocenters. The standard InChI is InChI=1S/C23H26N6O3S.H2O.4H2/c1-27-13-15-3-5-17(6-4-15)22(25)32-23(26)20-21(24)28-14-19(29-20)16-7-9-18(10-8-16)33(31)12-2-11-30;;;;;/h3-10,14,25-27,30H,2,11-13H2,1H3,(H2,24,28);1H2;4*1H. The van der Waals surface area contributed by atoms with Gasteiger partial charge in [0, 0.05) is 40.6 Å². The number of nitrogens with one attached hydrogen (secondary N) is 3. The molecule has 11 heteroatoms. The van der Waals surface area contributed by atoms with Crippen molar-refractivity contribution in [2.24, 2.45) is 0 Å². The van der Waals surface area contributed by atoms with E-state index in [9.17, 15) is 4.21 Å². The number of rotatable bonds is 9. The Bertz CT molecular complexity index is 1170. The third kappa shape index (κ3) is 6.75. The number of hydrogen-bond donors (Lipinski definition) is 5. The summed E-state index contributed by atoms with van der Waals surface area (Å²) in [4.78, 5) is 9.17. The first-order valence-corrected chi connectivity index (χ1v) is 11.6. The van der Waals surface area contributed by atoms with Gasteiger partial charge in [0.15, 0.2) is 11.5 Å². The maximum Gasteiger partial charge on any atom is 0.243 e. The van der Waals surface area contributed by atoms with Crippen LogP contribution in [0.4, 0.5) is 5.82 Å². The van der Waals surface area contributed by atoms with Gasteiger partial charge in [-0.05, 0) is 43.3 Å². The molecule has 3 aromatic rings.